The lowest BCUT2D eigenvalue weighted by atomic mass is 9.77. The molecule has 2 atom stereocenters. The maximum absolute atomic E-state index is 12.5. The molecule has 0 unspecified atom stereocenters. The third-order valence-corrected chi connectivity index (χ3v) is 4.59. The molecule has 23 heavy (non-hydrogen) atoms. The zero-order chi connectivity index (χ0) is 18.0. The highest BCUT2D eigenvalue weighted by Gasteiger charge is 2.42. The molecule has 0 aromatic carbocycles. The van der Waals surface area contributed by atoms with Gasteiger partial charge >= 0.3 is 6.09 Å². The number of hydrogen-bond acceptors (Lipinski definition) is 4. The first-order chi connectivity index (χ1) is 10.3. The molecule has 1 aliphatic heterocycles. The Morgan fingerprint density at radius 1 is 1.22 bits per heavy atom. The highest BCUT2D eigenvalue weighted by atomic mass is 28.3. The molecule has 0 saturated carbocycles. The van der Waals surface area contributed by atoms with Crippen LogP contribution in [0.25, 0.3) is 0 Å². The van der Waals surface area contributed by atoms with Crippen molar-refractivity contribution < 1.29 is 18.8 Å². The molecule has 0 radical (unpaired) electrons. The zero-order valence-electron chi connectivity index (χ0n) is 15.9. The molecule has 0 spiro atoms. The van der Waals surface area contributed by atoms with Crippen molar-refractivity contribution in [1.82, 2.24) is 4.90 Å². The van der Waals surface area contributed by atoms with Crippen LogP contribution in [0.3, 0.4) is 0 Å². The maximum Gasteiger partial charge on any atom is 0.410 e. The first-order valence-corrected chi connectivity index (χ1v) is 11.3. The Kier molecular flexibility index (Phi) is 6.44. The SMILES string of the molecule is C[SiH](C)O[C@H]([C@@H]1CN(C(=O)OC(C)(C)C)CCC1=O)C(C)(C)C. The molecule has 1 saturated heterocycles. The van der Waals surface area contributed by atoms with Crippen LogP contribution in [0, 0.1) is 11.3 Å². The predicted octanol–water partition coefficient (Wildman–Crippen LogP) is 3.23. The smallest absolute Gasteiger partial charge is 0.410 e. The fraction of sp³-hybridized carbons (Fsp3) is 0.882. The van der Waals surface area contributed by atoms with Crippen LogP contribution >= 0.6 is 0 Å². The minimum Gasteiger partial charge on any atom is -0.444 e. The van der Waals surface area contributed by atoms with Crippen LogP contribution in [0.5, 0.6) is 0 Å². The number of carbonyl (C=O) groups excluding carboxylic acids is 2. The predicted molar refractivity (Wildman–Crippen MR) is 94.1 cm³/mol. The molecule has 0 aromatic rings. The largest absolute Gasteiger partial charge is 0.444 e. The quantitative estimate of drug-likeness (QED) is 0.738. The Bertz CT molecular complexity index is 437. The summed E-state index contributed by atoms with van der Waals surface area (Å²) in [5.41, 5.74) is -0.673. The number of ether oxygens (including phenoxy) is 1. The average Bonchev–Trinajstić information content (AvgIpc) is 2.33. The Labute approximate surface area is 142 Å². The molecule has 1 heterocycles. The lowest BCUT2D eigenvalue weighted by Crippen LogP contribution is -2.53. The van der Waals surface area contributed by atoms with Crippen molar-refractivity contribution in [3.05, 3.63) is 0 Å². The summed E-state index contributed by atoms with van der Waals surface area (Å²) in [4.78, 5) is 26.4. The van der Waals surface area contributed by atoms with Gasteiger partial charge in [-0.05, 0) is 39.3 Å². The van der Waals surface area contributed by atoms with Gasteiger partial charge in [-0.15, -0.1) is 0 Å². The van der Waals surface area contributed by atoms with Crippen molar-refractivity contribution in [2.75, 3.05) is 13.1 Å². The van der Waals surface area contributed by atoms with Crippen molar-refractivity contribution in [3.8, 4) is 0 Å². The van der Waals surface area contributed by atoms with E-state index in [9.17, 15) is 9.59 Å². The molecule has 134 valence electrons. The number of likely N-dealkylation sites (tertiary alicyclic amines) is 1. The first-order valence-electron chi connectivity index (χ1n) is 8.47. The van der Waals surface area contributed by atoms with Gasteiger partial charge in [0.15, 0.2) is 9.04 Å². The van der Waals surface area contributed by atoms with Crippen molar-refractivity contribution in [1.29, 1.82) is 0 Å². The molecule has 1 fully saturated rings. The number of amides is 1. The first kappa shape index (κ1) is 20.2. The molecule has 6 heteroatoms. The molecule has 5 nitrogen and oxygen atoms in total. The van der Waals surface area contributed by atoms with E-state index in [2.05, 4.69) is 33.9 Å². The fourth-order valence-electron chi connectivity index (χ4n) is 2.81. The van der Waals surface area contributed by atoms with Crippen molar-refractivity contribution in [3.63, 3.8) is 0 Å². The molecule has 0 N–H and O–H groups in total. The van der Waals surface area contributed by atoms with Gasteiger partial charge in [0.1, 0.15) is 11.4 Å². The summed E-state index contributed by atoms with van der Waals surface area (Å²) >= 11 is 0. The van der Waals surface area contributed by atoms with Crippen LogP contribution < -0.4 is 0 Å². The van der Waals surface area contributed by atoms with Crippen LogP contribution in [0.2, 0.25) is 13.1 Å². The molecular weight excluding hydrogens is 310 g/mol. The molecule has 1 rings (SSSR count). The highest BCUT2D eigenvalue weighted by molar-refractivity contribution is 6.48. The van der Waals surface area contributed by atoms with Gasteiger partial charge in [0.05, 0.1) is 12.0 Å². The van der Waals surface area contributed by atoms with Crippen LogP contribution in [-0.4, -0.2) is 50.6 Å². The second-order valence-electron chi connectivity index (χ2n) is 8.72. The number of rotatable bonds is 3. The number of piperidine rings is 1. The topological polar surface area (TPSA) is 55.8 Å². The third-order valence-electron chi connectivity index (χ3n) is 3.75. The normalized spacial score (nSPS) is 21.5. The molecule has 0 aromatic heterocycles. The molecule has 1 amide bonds. The van der Waals surface area contributed by atoms with E-state index in [1.54, 1.807) is 4.90 Å². The van der Waals surface area contributed by atoms with Gasteiger partial charge in [-0.1, -0.05) is 20.8 Å². The summed E-state index contributed by atoms with van der Waals surface area (Å²) in [6, 6.07) is 0. The van der Waals surface area contributed by atoms with Crippen LogP contribution in [-0.2, 0) is 14.0 Å². The summed E-state index contributed by atoms with van der Waals surface area (Å²) in [5, 5.41) is 0. The fourth-order valence-corrected chi connectivity index (χ4v) is 4.00. The second kappa shape index (κ2) is 7.34. The number of ketones is 1. The molecular formula is C17H33NO4Si. The van der Waals surface area contributed by atoms with Crippen molar-refractivity contribution in [2.24, 2.45) is 11.3 Å². The van der Waals surface area contributed by atoms with Crippen LogP contribution in [0.1, 0.15) is 48.0 Å². The number of nitrogens with zero attached hydrogens (tertiary/aromatic N) is 1. The number of hydrogen-bond donors (Lipinski definition) is 0. The summed E-state index contributed by atoms with van der Waals surface area (Å²) in [6.45, 7) is 16.9. The second-order valence-corrected chi connectivity index (χ2v) is 11.1. The van der Waals surface area contributed by atoms with Gasteiger partial charge in [0.25, 0.3) is 0 Å². The minimum absolute atomic E-state index is 0.144. The summed E-state index contributed by atoms with van der Waals surface area (Å²) in [5.74, 6) is -0.0782. The number of carbonyl (C=O) groups is 2. The van der Waals surface area contributed by atoms with Crippen LogP contribution in [0.4, 0.5) is 4.79 Å². The Morgan fingerprint density at radius 3 is 2.22 bits per heavy atom. The summed E-state index contributed by atoms with van der Waals surface area (Å²) in [7, 11) is -1.29. The van der Waals surface area contributed by atoms with E-state index in [4.69, 9.17) is 9.16 Å². The van der Waals surface area contributed by atoms with Crippen LogP contribution in [0.15, 0.2) is 0 Å². The minimum atomic E-state index is -1.29. The van der Waals surface area contributed by atoms with E-state index in [-0.39, 0.29) is 29.3 Å². The average molecular weight is 344 g/mol. The monoisotopic (exact) mass is 343 g/mol. The van der Waals surface area contributed by atoms with E-state index in [1.807, 2.05) is 20.8 Å². The summed E-state index contributed by atoms with van der Waals surface area (Å²) in [6.07, 6.45) is -0.129. The van der Waals surface area contributed by atoms with E-state index in [0.29, 0.717) is 19.5 Å². The highest BCUT2D eigenvalue weighted by Crippen LogP contribution is 2.32. The zero-order valence-corrected chi connectivity index (χ0v) is 17.1. The lowest BCUT2D eigenvalue weighted by molar-refractivity contribution is -0.132. The van der Waals surface area contributed by atoms with Gasteiger partial charge in [-0.25, -0.2) is 4.79 Å². The van der Waals surface area contributed by atoms with Gasteiger partial charge in [0, 0.05) is 19.5 Å². The number of Topliss-reactive ketones (excluding diaryl/α,β-unsaturated/α-hetero) is 1. The standard InChI is InChI=1S/C17H33NO4Si/c1-16(2,3)14(22-23(7)8)12-11-18(10-9-13(12)19)15(20)21-17(4,5)6/h12,14,23H,9-11H2,1-8H3/t12-,14-/m1/s1. The van der Waals surface area contributed by atoms with E-state index < -0.39 is 14.6 Å². The van der Waals surface area contributed by atoms with Gasteiger partial charge in [-0.2, -0.15) is 0 Å². The molecule has 0 aliphatic carbocycles. The van der Waals surface area contributed by atoms with Crippen molar-refractivity contribution in [2.45, 2.75) is 72.8 Å². The van der Waals surface area contributed by atoms with Gasteiger partial charge in [-0.3, -0.25) is 4.79 Å². The third kappa shape index (κ3) is 6.26. The Morgan fingerprint density at radius 2 is 1.78 bits per heavy atom. The van der Waals surface area contributed by atoms with E-state index in [1.165, 1.54) is 0 Å². The molecule has 1 aliphatic rings. The van der Waals surface area contributed by atoms with E-state index >= 15 is 0 Å². The lowest BCUT2D eigenvalue weighted by Gasteiger charge is -2.42. The Balaban J connectivity index is 2.91. The van der Waals surface area contributed by atoms with E-state index in [0.717, 1.165) is 0 Å². The summed E-state index contributed by atoms with van der Waals surface area (Å²) < 4.78 is 11.6. The van der Waals surface area contributed by atoms with Gasteiger partial charge in [0.2, 0.25) is 0 Å². The molecule has 0 bridgehead atoms. The maximum atomic E-state index is 12.5. The Hall–Kier alpha value is -0.883. The van der Waals surface area contributed by atoms with Gasteiger partial charge < -0.3 is 14.1 Å². The van der Waals surface area contributed by atoms with Crippen molar-refractivity contribution >= 4 is 20.9 Å².